The highest BCUT2D eigenvalue weighted by Crippen LogP contribution is 2.62. The van der Waals surface area contributed by atoms with Crippen molar-refractivity contribution < 1.29 is 24.1 Å². The Morgan fingerprint density at radius 2 is 2.06 bits per heavy atom. The summed E-state index contributed by atoms with van der Waals surface area (Å²) < 4.78 is 18.2. The van der Waals surface area contributed by atoms with E-state index >= 15 is 0 Å². The summed E-state index contributed by atoms with van der Waals surface area (Å²) in [4.78, 5) is 15.3. The summed E-state index contributed by atoms with van der Waals surface area (Å²) in [5.74, 6) is 1.18. The number of phenolic OH excluding ortho intramolecular Hbond substituents is 1. The first-order valence-electron chi connectivity index (χ1n) is 10.8. The molecule has 6 rings (SSSR count). The van der Waals surface area contributed by atoms with Gasteiger partial charge in [-0.1, -0.05) is 24.3 Å². The third-order valence-corrected chi connectivity index (χ3v) is 7.70. The Kier molecular flexibility index (Phi) is 3.93. The van der Waals surface area contributed by atoms with E-state index in [1.54, 1.807) is 25.3 Å². The molecule has 2 bridgehead atoms. The van der Waals surface area contributed by atoms with Crippen molar-refractivity contribution in [1.29, 1.82) is 0 Å². The van der Waals surface area contributed by atoms with Crippen LogP contribution in [0.2, 0.25) is 0 Å². The lowest BCUT2D eigenvalue weighted by Gasteiger charge is -2.56. The summed E-state index contributed by atoms with van der Waals surface area (Å²) in [7, 11) is 3.85. The number of phenols is 1. The molecule has 2 heterocycles. The summed E-state index contributed by atoms with van der Waals surface area (Å²) in [6.07, 6.45) is 5.23. The maximum atomic E-state index is 12.9. The number of piperidine rings is 1. The maximum absolute atomic E-state index is 12.9. The monoisotopic (exact) mass is 419 g/mol. The van der Waals surface area contributed by atoms with Crippen molar-refractivity contribution in [3.63, 3.8) is 0 Å². The number of benzene rings is 2. The second kappa shape index (κ2) is 6.50. The Balaban J connectivity index is 1.45. The van der Waals surface area contributed by atoms with Crippen LogP contribution < -0.4 is 9.47 Å². The number of carbonyl (C=O) groups is 1. The van der Waals surface area contributed by atoms with Crippen LogP contribution in [0.15, 0.2) is 48.6 Å². The smallest absolute Gasteiger partial charge is 0.342 e. The van der Waals surface area contributed by atoms with E-state index in [2.05, 4.69) is 24.1 Å². The quantitative estimate of drug-likeness (QED) is 0.609. The van der Waals surface area contributed by atoms with Crippen LogP contribution in [0, 0.1) is 5.92 Å². The number of carbonyl (C=O) groups excluding carboxylic acids is 1. The zero-order chi connectivity index (χ0) is 21.3. The molecule has 6 heteroatoms. The highest BCUT2D eigenvalue weighted by atomic mass is 16.6. The second-order valence-electron chi connectivity index (χ2n) is 9.01. The molecule has 0 unspecified atom stereocenters. The Hall–Kier alpha value is -2.99. The van der Waals surface area contributed by atoms with Crippen molar-refractivity contribution in [3.05, 3.63) is 65.2 Å². The molecule has 2 aliphatic carbocycles. The molecule has 0 aromatic heterocycles. The van der Waals surface area contributed by atoms with Crippen LogP contribution in [0.4, 0.5) is 0 Å². The molecule has 1 spiro atoms. The van der Waals surface area contributed by atoms with E-state index in [0.29, 0.717) is 6.04 Å². The predicted molar refractivity (Wildman–Crippen MR) is 114 cm³/mol. The number of hydrogen-bond donors (Lipinski definition) is 1. The fraction of sp³-hybridized carbons (Fsp3) is 0.400. The van der Waals surface area contributed by atoms with Gasteiger partial charge in [-0.2, -0.15) is 0 Å². The third kappa shape index (κ3) is 2.39. The highest BCUT2D eigenvalue weighted by molar-refractivity contribution is 5.92. The first-order chi connectivity index (χ1) is 15.0. The average molecular weight is 419 g/mol. The van der Waals surface area contributed by atoms with Gasteiger partial charge >= 0.3 is 5.97 Å². The number of methoxy groups -OCH3 is 1. The molecule has 4 aliphatic rings. The zero-order valence-corrected chi connectivity index (χ0v) is 17.6. The van der Waals surface area contributed by atoms with E-state index in [1.807, 2.05) is 12.1 Å². The lowest BCUT2D eigenvalue weighted by Crippen LogP contribution is -2.65. The Morgan fingerprint density at radius 3 is 2.87 bits per heavy atom. The molecule has 6 nitrogen and oxygen atoms in total. The number of rotatable bonds is 3. The Labute approximate surface area is 181 Å². The number of hydrogen-bond acceptors (Lipinski definition) is 6. The van der Waals surface area contributed by atoms with Crippen molar-refractivity contribution in [3.8, 4) is 17.2 Å². The lowest BCUT2D eigenvalue weighted by molar-refractivity contribution is -0.0556. The van der Waals surface area contributed by atoms with Gasteiger partial charge < -0.3 is 24.2 Å². The van der Waals surface area contributed by atoms with Crippen LogP contribution in [0.3, 0.4) is 0 Å². The molecule has 0 amide bonds. The number of nitrogens with zero attached hydrogens (tertiary/aromatic N) is 1. The van der Waals surface area contributed by atoms with Crippen LogP contribution >= 0.6 is 0 Å². The van der Waals surface area contributed by atoms with Crippen molar-refractivity contribution in [2.45, 2.75) is 36.5 Å². The molecule has 2 aliphatic heterocycles. The number of esters is 1. The minimum absolute atomic E-state index is 0.0834. The SMILES string of the molecule is COc1ccc2c3c1O[C@H]1[C@@H](OC(=O)c4ccccc4O)C=C[C@H]4[C@@H](C2)N(C)CC[C@@]341. The van der Waals surface area contributed by atoms with Crippen molar-refractivity contribution in [1.82, 2.24) is 4.90 Å². The molecule has 1 fully saturated rings. The summed E-state index contributed by atoms with van der Waals surface area (Å²) in [6.45, 7) is 0.963. The van der Waals surface area contributed by atoms with E-state index in [-0.39, 0.29) is 28.7 Å². The normalized spacial score (nSPS) is 32.2. The van der Waals surface area contributed by atoms with Gasteiger partial charge in [-0.15, -0.1) is 0 Å². The van der Waals surface area contributed by atoms with E-state index in [9.17, 15) is 9.90 Å². The van der Waals surface area contributed by atoms with Crippen molar-refractivity contribution >= 4 is 5.97 Å². The molecule has 31 heavy (non-hydrogen) atoms. The molecule has 1 N–H and O–H groups in total. The van der Waals surface area contributed by atoms with Crippen LogP contribution in [0.1, 0.15) is 27.9 Å². The van der Waals surface area contributed by atoms with Crippen molar-refractivity contribution in [2.75, 3.05) is 20.7 Å². The fourth-order valence-corrected chi connectivity index (χ4v) is 6.30. The van der Waals surface area contributed by atoms with Crippen LogP contribution in [0.25, 0.3) is 0 Å². The van der Waals surface area contributed by atoms with Crippen LogP contribution in [-0.4, -0.2) is 54.9 Å². The van der Waals surface area contributed by atoms with E-state index in [1.165, 1.54) is 17.2 Å². The molecule has 2 aromatic rings. The molecule has 1 saturated heterocycles. The summed E-state index contributed by atoms with van der Waals surface area (Å²) in [6, 6.07) is 11.0. The minimum atomic E-state index is -0.547. The Morgan fingerprint density at radius 1 is 1.23 bits per heavy atom. The molecule has 160 valence electrons. The standard InChI is InChI=1S/C25H25NO5/c1-26-12-11-25-16-8-10-20(30-24(28)15-5-3-4-6-18(15)27)23(25)31-22-19(29-2)9-7-14(21(22)25)13-17(16)26/h3-10,16-17,20,23,27H,11-13H2,1-2H3/t16-,17+,20-,23-,25-/m0/s1. The predicted octanol–water partition coefficient (Wildman–Crippen LogP) is 3.07. The van der Waals surface area contributed by atoms with Gasteiger partial charge in [0.15, 0.2) is 17.6 Å². The topological polar surface area (TPSA) is 68.2 Å². The van der Waals surface area contributed by atoms with Gasteiger partial charge in [0.05, 0.1) is 7.11 Å². The number of para-hydroxylation sites is 1. The number of likely N-dealkylation sites (tertiary alicyclic amines) is 1. The molecule has 0 saturated carbocycles. The zero-order valence-electron chi connectivity index (χ0n) is 17.6. The number of aromatic hydroxyl groups is 1. The first-order valence-corrected chi connectivity index (χ1v) is 10.8. The summed E-state index contributed by atoms with van der Waals surface area (Å²) in [5, 5.41) is 10.1. The van der Waals surface area contributed by atoms with Gasteiger partial charge in [-0.05, 0) is 56.3 Å². The lowest BCUT2D eigenvalue weighted by atomic mass is 9.53. The van der Waals surface area contributed by atoms with Gasteiger partial charge in [-0.25, -0.2) is 4.79 Å². The van der Waals surface area contributed by atoms with E-state index in [4.69, 9.17) is 14.2 Å². The maximum Gasteiger partial charge on any atom is 0.342 e. The van der Waals surface area contributed by atoms with Crippen LogP contribution in [0.5, 0.6) is 17.2 Å². The molecular formula is C25H25NO5. The second-order valence-corrected chi connectivity index (χ2v) is 9.01. The number of ether oxygens (including phenoxy) is 3. The largest absolute Gasteiger partial charge is 0.507 e. The summed E-state index contributed by atoms with van der Waals surface area (Å²) >= 11 is 0. The summed E-state index contributed by atoms with van der Waals surface area (Å²) in [5.41, 5.74) is 2.45. The third-order valence-electron chi connectivity index (χ3n) is 7.70. The molecular weight excluding hydrogens is 394 g/mol. The minimum Gasteiger partial charge on any atom is -0.507 e. The first kappa shape index (κ1) is 18.8. The van der Waals surface area contributed by atoms with Crippen molar-refractivity contribution in [2.24, 2.45) is 5.92 Å². The van der Waals surface area contributed by atoms with Gasteiger partial charge in [0.2, 0.25) is 0 Å². The molecule has 2 aromatic carbocycles. The van der Waals surface area contributed by atoms with E-state index < -0.39 is 12.1 Å². The van der Waals surface area contributed by atoms with Gasteiger partial charge in [0.25, 0.3) is 0 Å². The van der Waals surface area contributed by atoms with Crippen LogP contribution in [-0.2, 0) is 16.6 Å². The fourth-order valence-electron chi connectivity index (χ4n) is 6.30. The van der Waals surface area contributed by atoms with E-state index in [0.717, 1.165) is 30.9 Å². The molecule has 0 radical (unpaired) electrons. The Bertz CT molecular complexity index is 1110. The average Bonchev–Trinajstić information content (AvgIpc) is 3.12. The highest BCUT2D eigenvalue weighted by Gasteiger charge is 2.65. The van der Waals surface area contributed by atoms with Gasteiger partial charge in [0, 0.05) is 22.9 Å². The molecule has 5 atom stereocenters. The van der Waals surface area contributed by atoms with Gasteiger partial charge in [0.1, 0.15) is 17.4 Å². The van der Waals surface area contributed by atoms with Gasteiger partial charge in [-0.3, -0.25) is 0 Å². The number of likely N-dealkylation sites (N-methyl/N-ethyl adjacent to an activating group) is 1.